The molecule has 0 spiro atoms. The molecule has 0 radical (unpaired) electrons. The first-order valence-electron chi connectivity index (χ1n) is 5.77. The van der Waals surface area contributed by atoms with Gasteiger partial charge in [-0.2, -0.15) is 0 Å². The Labute approximate surface area is 105 Å². The van der Waals surface area contributed by atoms with Gasteiger partial charge in [0, 0.05) is 6.20 Å². The van der Waals surface area contributed by atoms with E-state index in [9.17, 15) is 0 Å². The zero-order chi connectivity index (χ0) is 12.4. The molecule has 0 aliphatic rings. The molecule has 0 unspecified atom stereocenters. The Hall–Kier alpha value is -2.49. The zero-order valence-electron chi connectivity index (χ0n) is 10.1. The minimum atomic E-state index is 0.919. The maximum atomic E-state index is 4.45. The largest absolute Gasteiger partial charge is 0.252 e. The molecular weight excluding hydrogens is 224 g/mol. The van der Waals surface area contributed by atoms with Crippen LogP contribution in [0.5, 0.6) is 0 Å². The third-order valence-corrected chi connectivity index (χ3v) is 2.77. The SMILES string of the molecule is C[n+]1nn(-c2ccccc2)cc1-c1ccccn1. The van der Waals surface area contributed by atoms with Crippen molar-refractivity contribution in [3.63, 3.8) is 0 Å². The molecule has 4 nitrogen and oxygen atoms in total. The highest BCUT2D eigenvalue weighted by Gasteiger charge is 2.16. The van der Waals surface area contributed by atoms with Gasteiger partial charge in [-0.15, -0.1) is 9.36 Å². The van der Waals surface area contributed by atoms with Gasteiger partial charge in [0.05, 0.1) is 5.21 Å². The van der Waals surface area contributed by atoms with E-state index >= 15 is 0 Å². The maximum Gasteiger partial charge on any atom is 0.216 e. The molecular formula is C14H13N4+. The summed E-state index contributed by atoms with van der Waals surface area (Å²) in [5, 5.41) is 4.45. The lowest BCUT2D eigenvalue weighted by molar-refractivity contribution is -0.721. The number of benzene rings is 1. The van der Waals surface area contributed by atoms with Crippen molar-refractivity contribution in [3.05, 3.63) is 60.9 Å². The molecule has 4 heteroatoms. The number of hydrogen-bond donors (Lipinski definition) is 0. The predicted molar refractivity (Wildman–Crippen MR) is 68.0 cm³/mol. The summed E-state index contributed by atoms with van der Waals surface area (Å²) in [7, 11) is 1.92. The topological polar surface area (TPSA) is 34.6 Å². The summed E-state index contributed by atoms with van der Waals surface area (Å²) in [6.07, 6.45) is 3.77. The van der Waals surface area contributed by atoms with Crippen LogP contribution in [-0.4, -0.2) is 14.9 Å². The van der Waals surface area contributed by atoms with Crippen molar-refractivity contribution in [3.8, 4) is 17.1 Å². The standard InChI is InChI=1S/C14H13N4/c1-17-14(13-9-5-6-10-15-13)11-18(16-17)12-7-3-2-4-8-12/h2-11H,1H3/q+1. The fourth-order valence-electron chi connectivity index (χ4n) is 1.87. The van der Waals surface area contributed by atoms with E-state index in [0.29, 0.717) is 0 Å². The number of nitrogens with zero attached hydrogens (tertiary/aromatic N) is 4. The predicted octanol–water partition coefficient (Wildman–Crippen LogP) is 1.76. The van der Waals surface area contributed by atoms with Crippen LogP contribution in [0.1, 0.15) is 0 Å². The lowest BCUT2D eigenvalue weighted by Gasteiger charge is -1.91. The number of rotatable bonds is 2. The van der Waals surface area contributed by atoms with Crippen molar-refractivity contribution in [1.29, 1.82) is 0 Å². The Morgan fingerprint density at radius 1 is 1.00 bits per heavy atom. The Bertz CT molecular complexity index is 644. The Morgan fingerprint density at radius 2 is 1.78 bits per heavy atom. The average Bonchev–Trinajstić information content (AvgIpc) is 2.83. The quantitative estimate of drug-likeness (QED) is 0.636. The molecule has 0 saturated carbocycles. The van der Waals surface area contributed by atoms with Gasteiger partial charge in [0.2, 0.25) is 5.69 Å². The molecule has 2 aromatic heterocycles. The third kappa shape index (κ3) is 1.88. The van der Waals surface area contributed by atoms with E-state index in [1.807, 2.05) is 71.1 Å². The normalized spacial score (nSPS) is 10.5. The number of aryl methyl sites for hydroxylation is 1. The monoisotopic (exact) mass is 237 g/mol. The smallest absolute Gasteiger partial charge is 0.216 e. The molecule has 0 amide bonds. The molecule has 2 heterocycles. The summed E-state index contributed by atoms with van der Waals surface area (Å²) >= 11 is 0. The molecule has 1 aromatic carbocycles. The van der Waals surface area contributed by atoms with Crippen molar-refractivity contribution < 1.29 is 4.68 Å². The first kappa shape index (κ1) is 10.7. The maximum absolute atomic E-state index is 4.45. The van der Waals surface area contributed by atoms with Crippen LogP contribution in [0.2, 0.25) is 0 Å². The number of aromatic nitrogens is 4. The van der Waals surface area contributed by atoms with Gasteiger partial charge in [-0.25, -0.2) is 0 Å². The van der Waals surface area contributed by atoms with E-state index in [1.54, 1.807) is 6.20 Å². The van der Waals surface area contributed by atoms with Gasteiger partial charge >= 0.3 is 0 Å². The minimum absolute atomic E-state index is 0.919. The molecule has 3 aromatic rings. The zero-order valence-corrected chi connectivity index (χ0v) is 10.1. The van der Waals surface area contributed by atoms with Crippen LogP contribution in [-0.2, 0) is 7.05 Å². The van der Waals surface area contributed by atoms with E-state index in [1.165, 1.54) is 0 Å². The van der Waals surface area contributed by atoms with Gasteiger partial charge in [0.25, 0.3) is 0 Å². The molecule has 0 aliphatic carbocycles. The van der Waals surface area contributed by atoms with Crippen LogP contribution in [0.25, 0.3) is 17.1 Å². The summed E-state index contributed by atoms with van der Waals surface area (Å²) < 4.78 is 3.68. The van der Waals surface area contributed by atoms with E-state index in [2.05, 4.69) is 10.2 Å². The van der Waals surface area contributed by atoms with Crippen LogP contribution in [0.15, 0.2) is 60.9 Å². The third-order valence-electron chi connectivity index (χ3n) is 2.77. The van der Waals surface area contributed by atoms with Gasteiger partial charge in [0.1, 0.15) is 12.7 Å². The lowest BCUT2D eigenvalue weighted by atomic mass is 10.3. The highest BCUT2D eigenvalue weighted by atomic mass is 15.5. The van der Waals surface area contributed by atoms with Crippen LogP contribution < -0.4 is 4.68 Å². The van der Waals surface area contributed by atoms with Crippen molar-refractivity contribution >= 4 is 0 Å². The summed E-state index contributed by atoms with van der Waals surface area (Å²) in [5.41, 5.74) is 2.94. The second-order valence-corrected chi connectivity index (χ2v) is 4.02. The van der Waals surface area contributed by atoms with Crippen molar-refractivity contribution in [2.24, 2.45) is 7.05 Å². The highest BCUT2D eigenvalue weighted by Crippen LogP contribution is 2.12. The van der Waals surface area contributed by atoms with Gasteiger partial charge in [-0.3, -0.25) is 4.98 Å². The number of para-hydroxylation sites is 1. The van der Waals surface area contributed by atoms with Crippen LogP contribution >= 0.6 is 0 Å². The van der Waals surface area contributed by atoms with Crippen LogP contribution in [0.4, 0.5) is 0 Å². The Morgan fingerprint density at radius 3 is 2.50 bits per heavy atom. The van der Waals surface area contributed by atoms with Crippen LogP contribution in [0, 0.1) is 0 Å². The molecule has 18 heavy (non-hydrogen) atoms. The second kappa shape index (κ2) is 4.41. The number of hydrogen-bond acceptors (Lipinski definition) is 2. The molecule has 0 bridgehead atoms. The van der Waals surface area contributed by atoms with Crippen LogP contribution in [0.3, 0.4) is 0 Å². The fourth-order valence-corrected chi connectivity index (χ4v) is 1.87. The molecule has 3 rings (SSSR count). The first-order valence-corrected chi connectivity index (χ1v) is 5.77. The molecule has 88 valence electrons. The van der Waals surface area contributed by atoms with Crippen molar-refractivity contribution in [2.75, 3.05) is 0 Å². The molecule has 0 fully saturated rings. The van der Waals surface area contributed by atoms with Crippen molar-refractivity contribution in [1.82, 2.24) is 14.9 Å². The van der Waals surface area contributed by atoms with E-state index in [0.717, 1.165) is 17.1 Å². The molecule has 0 aliphatic heterocycles. The van der Waals surface area contributed by atoms with E-state index in [-0.39, 0.29) is 0 Å². The van der Waals surface area contributed by atoms with Gasteiger partial charge < -0.3 is 0 Å². The minimum Gasteiger partial charge on any atom is -0.252 e. The summed E-state index contributed by atoms with van der Waals surface area (Å²) in [5.74, 6) is 0. The summed E-state index contributed by atoms with van der Waals surface area (Å²) in [6.45, 7) is 0. The van der Waals surface area contributed by atoms with E-state index in [4.69, 9.17) is 0 Å². The first-order chi connectivity index (χ1) is 8.84. The summed E-state index contributed by atoms with van der Waals surface area (Å²) in [6, 6.07) is 15.9. The highest BCUT2D eigenvalue weighted by molar-refractivity contribution is 5.49. The Kier molecular flexibility index (Phi) is 2.61. The molecule has 0 atom stereocenters. The van der Waals surface area contributed by atoms with Crippen molar-refractivity contribution in [2.45, 2.75) is 0 Å². The van der Waals surface area contributed by atoms with Gasteiger partial charge in [-0.05, 0) is 24.3 Å². The van der Waals surface area contributed by atoms with Gasteiger partial charge in [0.15, 0.2) is 11.9 Å². The Balaban J connectivity index is 2.07. The lowest BCUT2D eigenvalue weighted by Crippen LogP contribution is -2.33. The van der Waals surface area contributed by atoms with Gasteiger partial charge in [-0.1, -0.05) is 24.3 Å². The van der Waals surface area contributed by atoms with E-state index < -0.39 is 0 Å². The molecule has 0 N–H and O–H groups in total. The second-order valence-electron chi connectivity index (χ2n) is 4.02. The fraction of sp³-hybridized carbons (Fsp3) is 0.0714. The average molecular weight is 237 g/mol. The summed E-state index contributed by atoms with van der Waals surface area (Å²) in [4.78, 5) is 4.34. The number of pyridine rings is 1. The molecule has 0 saturated heterocycles.